The minimum absolute atomic E-state index is 0.0349. The number of piperazine rings is 1. The fourth-order valence-electron chi connectivity index (χ4n) is 2.58. The zero-order chi connectivity index (χ0) is 13.9. The molecule has 3 rings (SSSR count). The first-order valence-corrected chi connectivity index (χ1v) is 6.74. The van der Waals surface area contributed by atoms with E-state index < -0.39 is 0 Å². The fourth-order valence-corrected chi connectivity index (χ4v) is 2.58. The second kappa shape index (κ2) is 5.40. The molecule has 6 nitrogen and oxygen atoms in total. The van der Waals surface area contributed by atoms with Gasteiger partial charge in [-0.2, -0.15) is 0 Å². The standard InChI is InChI=1S/C14H17N3O3/c18-13-15-8-12-9-16(6-7-17(12)13)14(19)20-10-11-4-2-1-3-5-11/h1-5,12H,6-10H2,(H,15,18). The maximum atomic E-state index is 12.0. The molecule has 0 aromatic heterocycles. The van der Waals surface area contributed by atoms with E-state index in [1.807, 2.05) is 30.3 Å². The van der Waals surface area contributed by atoms with E-state index in [2.05, 4.69) is 5.32 Å². The van der Waals surface area contributed by atoms with Gasteiger partial charge in [0.1, 0.15) is 6.61 Å². The smallest absolute Gasteiger partial charge is 0.410 e. The van der Waals surface area contributed by atoms with Crippen LogP contribution in [0.1, 0.15) is 5.56 Å². The Labute approximate surface area is 117 Å². The molecule has 1 atom stereocenters. The molecule has 106 valence electrons. The quantitative estimate of drug-likeness (QED) is 0.877. The van der Waals surface area contributed by atoms with Crippen molar-refractivity contribution in [1.82, 2.24) is 15.1 Å². The maximum Gasteiger partial charge on any atom is 0.410 e. The molecule has 1 aromatic carbocycles. The minimum atomic E-state index is -0.312. The molecule has 3 amide bonds. The predicted octanol–water partition coefficient (Wildman–Crippen LogP) is 1.03. The normalized spacial score (nSPS) is 21.4. The van der Waals surface area contributed by atoms with Gasteiger partial charge < -0.3 is 19.9 Å². The molecule has 2 aliphatic heterocycles. The predicted molar refractivity (Wildman–Crippen MR) is 72.1 cm³/mol. The van der Waals surface area contributed by atoms with Gasteiger partial charge in [-0.15, -0.1) is 0 Å². The summed E-state index contributed by atoms with van der Waals surface area (Å²) in [6.45, 7) is 2.50. The number of hydrogen-bond donors (Lipinski definition) is 1. The van der Waals surface area contributed by atoms with Crippen molar-refractivity contribution in [1.29, 1.82) is 0 Å². The molecule has 0 bridgehead atoms. The average Bonchev–Trinajstić information content (AvgIpc) is 2.87. The Hall–Kier alpha value is -2.24. The van der Waals surface area contributed by atoms with Crippen LogP contribution >= 0.6 is 0 Å². The Morgan fingerprint density at radius 1 is 1.30 bits per heavy atom. The molecule has 0 spiro atoms. The summed E-state index contributed by atoms with van der Waals surface area (Å²) < 4.78 is 5.31. The number of rotatable bonds is 2. The third-order valence-corrected chi connectivity index (χ3v) is 3.70. The third-order valence-electron chi connectivity index (χ3n) is 3.70. The van der Waals surface area contributed by atoms with E-state index in [1.165, 1.54) is 0 Å². The van der Waals surface area contributed by atoms with Crippen molar-refractivity contribution in [2.45, 2.75) is 12.6 Å². The van der Waals surface area contributed by atoms with Crippen LogP contribution in [0.15, 0.2) is 30.3 Å². The van der Waals surface area contributed by atoms with E-state index in [4.69, 9.17) is 4.74 Å². The number of carbonyl (C=O) groups excluding carboxylic acids is 2. The summed E-state index contributed by atoms with van der Waals surface area (Å²) in [5.41, 5.74) is 0.970. The minimum Gasteiger partial charge on any atom is -0.445 e. The Balaban J connectivity index is 1.52. The number of urea groups is 1. The molecular formula is C14H17N3O3. The monoisotopic (exact) mass is 275 g/mol. The molecule has 0 saturated carbocycles. The fraction of sp³-hybridized carbons (Fsp3) is 0.429. The molecule has 20 heavy (non-hydrogen) atoms. The Morgan fingerprint density at radius 3 is 2.90 bits per heavy atom. The summed E-state index contributed by atoms with van der Waals surface area (Å²) in [4.78, 5) is 26.9. The first-order chi connectivity index (χ1) is 9.74. The van der Waals surface area contributed by atoms with Gasteiger partial charge in [0.15, 0.2) is 0 Å². The largest absolute Gasteiger partial charge is 0.445 e. The highest BCUT2D eigenvalue weighted by Crippen LogP contribution is 2.15. The molecule has 0 aliphatic carbocycles. The highest BCUT2D eigenvalue weighted by Gasteiger charge is 2.37. The van der Waals surface area contributed by atoms with E-state index in [9.17, 15) is 9.59 Å². The number of carbonyl (C=O) groups is 2. The van der Waals surface area contributed by atoms with Gasteiger partial charge in [-0.1, -0.05) is 30.3 Å². The van der Waals surface area contributed by atoms with Gasteiger partial charge in [-0.25, -0.2) is 9.59 Å². The molecular weight excluding hydrogens is 258 g/mol. The summed E-state index contributed by atoms with van der Waals surface area (Å²) >= 11 is 0. The van der Waals surface area contributed by atoms with Crippen molar-refractivity contribution < 1.29 is 14.3 Å². The Morgan fingerprint density at radius 2 is 2.10 bits per heavy atom. The zero-order valence-electron chi connectivity index (χ0n) is 11.1. The molecule has 1 aromatic rings. The molecule has 2 aliphatic rings. The molecule has 1 unspecified atom stereocenters. The second-order valence-corrected chi connectivity index (χ2v) is 5.02. The highest BCUT2D eigenvalue weighted by molar-refractivity contribution is 5.77. The molecule has 1 N–H and O–H groups in total. The number of amides is 3. The van der Waals surface area contributed by atoms with Gasteiger partial charge in [-0.05, 0) is 5.56 Å². The van der Waals surface area contributed by atoms with Crippen LogP contribution in [0.4, 0.5) is 9.59 Å². The second-order valence-electron chi connectivity index (χ2n) is 5.02. The number of hydrogen-bond acceptors (Lipinski definition) is 3. The number of nitrogens with one attached hydrogen (secondary N) is 1. The topological polar surface area (TPSA) is 61.9 Å². The van der Waals surface area contributed by atoms with Crippen LogP contribution in [0.3, 0.4) is 0 Å². The van der Waals surface area contributed by atoms with Gasteiger partial charge in [0.2, 0.25) is 0 Å². The van der Waals surface area contributed by atoms with Crippen LogP contribution in [0.5, 0.6) is 0 Å². The number of benzene rings is 1. The van der Waals surface area contributed by atoms with Crippen molar-refractivity contribution >= 4 is 12.1 Å². The van der Waals surface area contributed by atoms with Crippen LogP contribution in [0, 0.1) is 0 Å². The van der Waals surface area contributed by atoms with Crippen molar-refractivity contribution in [3.05, 3.63) is 35.9 Å². The van der Waals surface area contributed by atoms with Crippen LogP contribution in [0.25, 0.3) is 0 Å². The lowest BCUT2D eigenvalue weighted by Crippen LogP contribution is -2.53. The van der Waals surface area contributed by atoms with Crippen molar-refractivity contribution in [3.63, 3.8) is 0 Å². The number of ether oxygens (including phenoxy) is 1. The van der Waals surface area contributed by atoms with E-state index in [0.717, 1.165) is 5.56 Å². The van der Waals surface area contributed by atoms with Gasteiger partial charge >= 0.3 is 12.1 Å². The zero-order valence-corrected chi connectivity index (χ0v) is 11.1. The summed E-state index contributed by atoms with van der Waals surface area (Å²) in [6, 6.07) is 9.63. The molecule has 2 saturated heterocycles. The first-order valence-electron chi connectivity index (χ1n) is 6.74. The Kier molecular flexibility index (Phi) is 3.45. The Bertz CT molecular complexity index is 506. The van der Waals surface area contributed by atoms with Crippen molar-refractivity contribution in [3.8, 4) is 0 Å². The van der Waals surface area contributed by atoms with Crippen LogP contribution < -0.4 is 5.32 Å². The lowest BCUT2D eigenvalue weighted by atomic mass is 10.2. The number of nitrogens with zero attached hydrogens (tertiary/aromatic N) is 2. The van der Waals surface area contributed by atoms with Gasteiger partial charge in [-0.3, -0.25) is 0 Å². The van der Waals surface area contributed by atoms with E-state index in [1.54, 1.807) is 9.80 Å². The molecule has 0 radical (unpaired) electrons. The lowest BCUT2D eigenvalue weighted by molar-refractivity contribution is 0.0682. The SMILES string of the molecule is O=C(OCc1ccccc1)N1CCN2C(=O)NCC2C1. The van der Waals surface area contributed by atoms with E-state index in [-0.39, 0.29) is 24.8 Å². The lowest BCUT2D eigenvalue weighted by Gasteiger charge is -2.35. The highest BCUT2D eigenvalue weighted by atomic mass is 16.6. The van der Waals surface area contributed by atoms with Gasteiger partial charge in [0, 0.05) is 26.2 Å². The summed E-state index contributed by atoms with van der Waals surface area (Å²) in [5.74, 6) is 0. The molecule has 6 heteroatoms. The third kappa shape index (κ3) is 2.54. The summed E-state index contributed by atoms with van der Waals surface area (Å²) in [5, 5.41) is 2.79. The van der Waals surface area contributed by atoms with Gasteiger partial charge in [0.25, 0.3) is 0 Å². The van der Waals surface area contributed by atoms with E-state index >= 15 is 0 Å². The molecule has 2 heterocycles. The van der Waals surface area contributed by atoms with Crippen LogP contribution in [-0.4, -0.2) is 54.1 Å². The average molecular weight is 275 g/mol. The van der Waals surface area contributed by atoms with Crippen molar-refractivity contribution in [2.24, 2.45) is 0 Å². The van der Waals surface area contributed by atoms with Crippen molar-refractivity contribution in [2.75, 3.05) is 26.2 Å². The molecule has 2 fully saturated rings. The van der Waals surface area contributed by atoms with Gasteiger partial charge in [0.05, 0.1) is 6.04 Å². The van der Waals surface area contributed by atoms with Crippen LogP contribution in [0.2, 0.25) is 0 Å². The van der Waals surface area contributed by atoms with Crippen LogP contribution in [-0.2, 0) is 11.3 Å². The maximum absolute atomic E-state index is 12.0. The number of fused-ring (bicyclic) bond motifs is 1. The van der Waals surface area contributed by atoms with E-state index in [0.29, 0.717) is 26.2 Å². The first kappa shape index (κ1) is 12.8. The summed E-state index contributed by atoms with van der Waals surface area (Å²) in [7, 11) is 0. The summed E-state index contributed by atoms with van der Waals surface area (Å²) in [6.07, 6.45) is -0.312.